The van der Waals surface area contributed by atoms with Crippen molar-refractivity contribution in [2.75, 3.05) is 0 Å². The first-order valence-electron chi connectivity index (χ1n) is 5.12. The van der Waals surface area contributed by atoms with E-state index < -0.39 is 28.5 Å². The summed E-state index contributed by atoms with van der Waals surface area (Å²) in [4.78, 5) is 0. The third kappa shape index (κ3) is 2.60. The van der Waals surface area contributed by atoms with Crippen LogP contribution >= 0.6 is 0 Å². The maximum absolute atomic E-state index is 14.5. The van der Waals surface area contributed by atoms with Crippen LogP contribution in [0.25, 0.3) is 0 Å². The standard InChI is InChI=1S/C12H15F4N/c1-10(2,17)11(3,13)8-6-4-5-7-9(8)12(14,15)16/h4-7H,17H2,1-3H3. The largest absolute Gasteiger partial charge is 0.416 e. The lowest BCUT2D eigenvalue weighted by Gasteiger charge is -2.36. The van der Waals surface area contributed by atoms with E-state index in [0.29, 0.717) is 0 Å². The molecule has 5 heteroatoms. The van der Waals surface area contributed by atoms with Crippen LogP contribution < -0.4 is 5.73 Å². The van der Waals surface area contributed by atoms with Crippen molar-refractivity contribution in [3.8, 4) is 0 Å². The van der Waals surface area contributed by atoms with E-state index in [4.69, 9.17) is 5.73 Å². The normalized spacial score (nSPS) is 16.7. The smallest absolute Gasteiger partial charge is 0.323 e. The van der Waals surface area contributed by atoms with Crippen LogP contribution in [0.3, 0.4) is 0 Å². The van der Waals surface area contributed by atoms with Crippen molar-refractivity contribution in [3.05, 3.63) is 35.4 Å². The second kappa shape index (κ2) is 3.98. The fraction of sp³-hybridized carbons (Fsp3) is 0.500. The van der Waals surface area contributed by atoms with Crippen LogP contribution in [0.15, 0.2) is 24.3 Å². The predicted molar refractivity (Wildman–Crippen MR) is 58.2 cm³/mol. The Kier molecular flexibility index (Phi) is 3.27. The Bertz CT molecular complexity index is 402. The Hall–Kier alpha value is -1.10. The van der Waals surface area contributed by atoms with Crippen LogP contribution in [-0.4, -0.2) is 5.54 Å². The Morgan fingerprint density at radius 2 is 1.29 bits per heavy atom. The molecule has 0 heterocycles. The molecule has 0 aromatic heterocycles. The number of nitrogens with two attached hydrogens (primary N) is 1. The van der Waals surface area contributed by atoms with Gasteiger partial charge >= 0.3 is 6.18 Å². The third-order valence-corrected chi connectivity index (χ3v) is 2.95. The molecule has 0 aliphatic heterocycles. The van der Waals surface area contributed by atoms with Crippen molar-refractivity contribution in [1.82, 2.24) is 0 Å². The Morgan fingerprint density at radius 3 is 1.65 bits per heavy atom. The summed E-state index contributed by atoms with van der Waals surface area (Å²) in [5.41, 5.74) is 0.529. The molecule has 17 heavy (non-hydrogen) atoms. The van der Waals surface area contributed by atoms with Gasteiger partial charge in [-0.1, -0.05) is 18.2 Å². The molecule has 0 aliphatic carbocycles. The zero-order valence-electron chi connectivity index (χ0n) is 9.90. The van der Waals surface area contributed by atoms with E-state index in [1.54, 1.807) is 0 Å². The maximum Gasteiger partial charge on any atom is 0.416 e. The average Bonchev–Trinajstić information content (AvgIpc) is 2.14. The molecule has 0 aliphatic rings. The summed E-state index contributed by atoms with van der Waals surface area (Å²) in [6, 6.07) is 4.58. The number of halogens is 4. The Balaban J connectivity index is 3.43. The first-order valence-corrected chi connectivity index (χ1v) is 5.12. The lowest BCUT2D eigenvalue weighted by molar-refractivity contribution is -0.140. The van der Waals surface area contributed by atoms with Gasteiger partial charge in [0, 0.05) is 11.1 Å². The molecule has 1 rings (SSSR count). The highest BCUT2D eigenvalue weighted by Crippen LogP contribution is 2.42. The van der Waals surface area contributed by atoms with Gasteiger partial charge in [-0.05, 0) is 26.8 Å². The molecule has 1 atom stereocenters. The van der Waals surface area contributed by atoms with Gasteiger partial charge in [-0.3, -0.25) is 0 Å². The summed E-state index contributed by atoms with van der Waals surface area (Å²) >= 11 is 0. The van der Waals surface area contributed by atoms with Crippen molar-refractivity contribution in [2.24, 2.45) is 5.73 Å². The molecule has 0 fully saturated rings. The number of benzene rings is 1. The van der Waals surface area contributed by atoms with Gasteiger partial charge in [-0.15, -0.1) is 0 Å². The summed E-state index contributed by atoms with van der Waals surface area (Å²) in [6.07, 6.45) is -4.59. The molecule has 0 amide bonds. The molecule has 0 saturated heterocycles. The minimum absolute atomic E-state index is 0.431. The molecule has 1 unspecified atom stereocenters. The quantitative estimate of drug-likeness (QED) is 0.796. The average molecular weight is 249 g/mol. The number of alkyl halides is 4. The van der Waals surface area contributed by atoms with E-state index in [2.05, 4.69) is 0 Å². The molecule has 1 nitrogen and oxygen atoms in total. The number of rotatable bonds is 2. The summed E-state index contributed by atoms with van der Waals surface area (Å²) in [6.45, 7) is 3.79. The van der Waals surface area contributed by atoms with Gasteiger partial charge in [0.15, 0.2) is 5.67 Å². The summed E-state index contributed by atoms with van der Waals surface area (Å²) in [5.74, 6) is 0. The molecule has 0 bridgehead atoms. The lowest BCUT2D eigenvalue weighted by atomic mass is 9.79. The molecule has 1 aromatic carbocycles. The van der Waals surface area contributed by atoms with Gasteiger partial charge in [0.25, 0.3) is 0 Å². The van der Waals surface area contributed by atoms with Gasteiger partial charge in [-0.2, -0.15) is 13.2 Å². The van der Waals surface area contributed by atoms with Gasteiger partial charge in [-0.25, -0.2) is 4.39 Å². The predicted octanol–water partition coefficient (Wildman–Crippen LogP) is 3.63. The second-order valence-corrected chi connectivity index (χ2v) is 4.77. The fourth-order valence-corrected chi connectivity index (χ4v) is 1.49. The Morgan fingerprint density at radius 1 is 0.882 bits per heavy atom. The molecule has 0 radical (unpaired) electrons. The zero-order chi connectivity index (χ0) is 13.5. The number of hydrogen-bond acceptors (Lipinski definition) is 1. The molecule has 2 N–H and O–H groups in total. The van der Waals surface area contributed by atoms with Crippen LogP contribution in [0.2, 0.25) is 0 Å². The summed E-state index contributed by atoms with van der Waals surface area (Å²) < 4.78 is 52.8. The van der Waals surface area contributed by atoms with Gasteiger partial charge in [0.05, 0.1) is 5.56 Å². The monoisotopic (exact) mass is 249 g/mol. The minimum atomic E-state index is -4.59. The zero-order valence-corrected chi connectivity index (χ0v) is 9.90. The van der Waals surface area contributed by atoms with E-state index in [0.717, 1.165) is 19.1 Å². The highest BCUT2D eigenvalue weighted by Gasteiger charge is 2.46. The van der Waals surface area contributed by atoms with Gasteiger partial charge in [0.2, 0.25) is 0 Å². The second-order valence-electron chi connectivity index (χ2n) is 4.77. The van der Waals surface area contributed by atoms with Crippen molar-refractivity contribution < 1.29 is 17.6 Å². The van der Waals surface area contributed by atoms with Crippen LogP contribution in [-0.2, 0) is 11.8 Å². The van der Waals surface area contributed by atoms with E-state index >= 15 is 0 Å². The first kappa shape index (κ1) is 14.0. The number of hydrogen-bond donors (Lipinski definition) is 1. The van der Waals surface area contributed by atoms with Gasteiger partial charge in [0.1, 0.15) is 0 Å². The van der Waals surface area contributed by atoms with Gasteiger partial charge < -0.3 is 5.73 Å². The van der Waals surface area contributed by atoms with Crippen molar-refractivity contribution in [3.63, 3.8) is 0 Å². The first-order chi connectivity index (χ1) is 7.48. The topological polar surface area (TPSA) is 26.0 Å². The van der Waals surface area contributed by atoms with Crippen LogP contribution in [0, 0.1) is 0 Å². The highest BCUT2D eigenvalue weighted by molar-refractivity contribution is 5.36. The van der Waals surface area contributed by atoms with Crippen molar-refractivity contribution in [2.45, 2.75) is 38.2 Å². The van der Waals surface area contributed by atoms with E-state index in [1.807, 2.05) is 0 Å². The van der Waals surface area contributed by atoms with E-state index in [9.17, 15) is 17.6 Å². The lowest BCUT2D eigenvalue weighted by Crippen LogP contribution is -2.50. The summed E-state index contributed by atoms with van der Waals surface area (Å²) in [7, 11) is 0. The molecule has 96 valence electrons. The third-order valence-electron chi connectivity index (χ3n) is 2.95. The highest BCUT2D eigenvalue weighted by atomic mass is 19.4. The molecule has 0 saturated carbocycles. The van der Waals surface area contributed by atoms with Crippen molar-refractivity contribution >= 4 is 0 Å². The van der Waals surface area contributed by atoms with Crippen molar-refractivity contribution in [1.29, 1.82) is 0 Å². The van der Waals surface area contributed by atoms with Crippen LogP contribution in [0.4, 0.5) is 17.6 Å². The van der Waals surface area contributed by atoms with Crippen LogP contribution in [0.1, 0.15) is 31.9 Å². The van der Waals surface area contributed by atoms with Crippen LogP contribution in [0.5, 0.6) is 0 Å². The van der Waals surface area contributed by atoms with E-state index in [-0.39, 0.29) is 0 Å². The molecule has 0 spiro atoms. The maximum atomic E-state index is 14.5. The van der Waals surface area contributed by atoms with E-state index in [1.165, 1.54) is 26.0 Å². The molecular weight excluding hydrogens is 234 g/mol. The molecule has 1 aromatic rings. The SMILES string of the molecule is CC(C)(N)C(C)(F)c1ccccc1C(F)(F)F. The summed E-state index contributed by atoms with van der Waals surface area (Å²) in [5, 5.41) is 0. The Labute approximate surface area is 97.6 Å². The molecular formula is C12H15F4N. The fourth-order valence-electron chi connectivity index (χ4n) is 1.49. The minimum Gasteiger partial charge on any atom is -0.323 e.